The van der Waals surface area contributed by atoms with E-state index < -0.39 is 217 Å². The van der Waals surface area contributed by atoms with Gasteiger partial charge in [0.1, 0.15) is 134 Å². The van der Waals surface area contributed by atoms with Crippen LogP contribution in [0.4, 0.5) is 0 Å². The maximum Gasteiger partial charge on any atom is 0.217 e. The van der Waals surface area contributed by atoms with Crippen LogP contribution in [-0.2, 0) is 56.9 Å². The van der Waals surface area contributed by atoms with Gasteiger partial charge in [-0.2, -0.15) is 0 Å². The fourth-order valence-corrected chi connectivity index (χ4v) is 8.79. The van der Waals surface area contributed by atoms with Crippen molar-refractivity contribution in [2.45, 2.75) is 205 Å². The molecule has 0 bridgehead atoms. The van der Waals surface area contributed by atoms with Crippen LogP contribution >= 0.6 is 0 Å². The van der Waals surface area contributed by atoms with Gasteiger partial charge in [0, 0.05) is 6.92 Å². The molecule has 0 saturated carbocycles. The number of rotatable bonds is 15. The second-order valence-electron chi connectivity index (χ2n) is 17.5. The van der Waals surface area contributed by atoms with Crippen molar-refractivity contribution >= 4 is 5.91 Å². The van der Waals surface area contributed by atoms with E-state index in [0.29, 0.717) is 0 Å². The number of carbonyl (C=O) groups excluding carboxylic acids is 1. The Bertz CT molecular complexity index is 1590. The zero-order valence-corrected chi connectivity index (χ0v) is 36.7. The van der Waals surface area contributed by atoms with E-state index in [4.69, 9.17) is 52.1 Å². The molecule has 6 heterocycles. The molecular weight excluding hydrogens is 934 g/mol. The fraction of sp³-hybridized carbons (Fsp3) is 0.974. The number of aliphatic hydroxyl groups is 17. The molecular formula is C38H65NO29. The summed E-state index contributed by atoms with van der Waals surface area (Å²) in [6.07, 6.45) is -53.5. The SMILES string of the molecule is CC(=O)N[C@H]1[C@H](O[C@H]2[C@@H](O)[C@@H](CO)O[C@@H](O[C@H]3[C@H](O[C@@H]4O[C@@H](C)[C@@H](O)[C@@H](O)[C@@H]4O)[C@@H](O)[C@H](O)O[C@@H]3CO)[C@@H]2O)O[C@H](CO)[C@@H](O[C@@H]2O[C@H](CO)[C@H](O)[C@H](O)[C@H]2O)[C@@H]1O[C@@H]1O[C@@H](C)[C@@H](O)[C@@H](O)[C@@H]1O. The van der Waals surface area contributed by atoms with Crippen LogP contribution in [0.5, 0.6) is 0 Å². The number of carbonyl (C=O) groups is 1. The fourth-order valence-electron chi connectivity index (χ4n) is 8.79. The molecule has 6 aliphatic heterocycles. The largest absolute Gasteiger partial charge is 0.394 e. The maximum atomic E-state index is 12.9. The van der Waals surface area contributed by atoms with Gasteiger partial charge in [-0.3, -0.25) is 4.79 Å². The topological polar surface area (TPSA) is 475 Å². The highest BCUT2D eigenvalue weighted by Gasteiger charge is 2.58. The zero-order chi connectivity index (χ0) is 50.2. The van der Waals surface area contributed by atoms with Gasteiger partial charge < -0.3 is 144 Å². The van der Waals surface area contributed by atoms with E-state index in [2.05, 4.69) is 5.32 Å². The van der Waals surface area contributed by atoms with Gasteiger partial charge in [0.25, 0.3) is 0 Å². The third-order valence-electron chi connectivity index (χ3n) is 12.8. The maximum absolute atomic E-state index is 12.9. The summed E-state index contributed by atoms with van der Waals surface area (Å²) >= 11 is 0. The molecule has 6 rings (SSSR count). The molecule has 6 fully saturated rings. The molecule has 6 saturated heterocycles. The molecule has 30 atom stereocenters. The van der Waals surface area contributed by atoms with Crippen molar-refractivity contribution in [2.75, 3.05) is 26.4 Å². The molecule has 0 aliphatic carbocycles. The zero-order valence-electron chi connectivity index (χ0n) is 36.7. The lowest BCUT2D eigenvalue weighted by molar-refractivity contribution is -0.397. The van der Waals surface area contributed by atoms with Crippen molar-refractivity contribution in [3.63, 3.8) is 0 Å². The Morgan fingerprint density at radius 3 is 1.24 bits per heavy atom. The highest BCUT2D eigenvalue weighted by molar-refractivity contribution is 5.73. The smallest absolute Gasteiger partial charge is 0.217 e. The van der Waals surface area contributed by atoms with Crippen LogP contribution in [0.1, 0.15) is 20.8 Å². The number of aliphatic hydroxyl groups excluding tert-OH is 17. The first-order valence-corrected chi connectivity index (χ1v) is 21.8. The molecule has 0 radical (unpaired) electrons. The number of hydrogen-bond donors (Lipinski definition) is 18. The molecule has 30 heteroatoms. The summed E-state index contributed by atoms with van der Waals surface area (Å²) in [6.45, 7) is -0.320. The Labute approximate surface area is 386 Å². The first-order valence-electron chi connectivity index (χ1n) is 21.8. The lowest BCUT2D eigenvalue weighted by atomic mass is 9.93. The van der Waals surface area contributed by atoms with Gasteiger partial charge in [-0.15, -0.1) is 0 Å². The predicted octanol–water partition coefficient (Wildman–Crippen LogP) is -11.9. The second kappa shape index (κ2) is 23.5. The Kier molecular flexibility index (Phi) is 19.2. The van der Waals surface area contributed by atoms with Crippen molar-refractivity contribution in [1.29, 1.82) is 0 Å². The number of nitrogens with one attached hydrogen (secondary N) is 1. The molecule has 0 aromatic heterocycles. The molecule has 18 N–H and O–H groups in total. The van der Waals surface area contributed by atoms with Crippen molar-refractivity contribution in [3.8, 4) is 0 Å². The number of amides is 1. The lowest BCUT2D eigenvalue weighted by Gasteiger charge is -2.52. The first-order chi connectivity index (χ1) is 32.1. The van der Waals surface area contributed by atoms with Gasteiger partial charge in [0.05, 0.1) is 38.6 Å². The molecule has 30 nitrogen and oxygen atoms in total. The van der Waals surface area contributed by atoms with Gasteiger partial charge in [0.2, 0.25) is 5.91 Å². The van der Waals surface area contributed by atoms with E-state index in [9.17, 15) is 91.6 Å². The van der Waals surface area contributed by atoms with Gasteiger partial charge in [-0.05, 0) is 13.8 Å². The van der Waals surface area contributed by atoms with Crippen molar-refractivity contribution in [1.82, 2.24) is 5.32 Å². The summed E-state index contributed by atoms with van der Waals surface area (Å²) < 4.78 is 63.6. The number of ether oxygens (including phenoxy) is 11. The highest BCUT2D eigenvalue weighted by atomic mass is 16.8. The van der Waals surface area contributed by atoms with Gasteiger partial charge in [0.15, 0.2) is 37.7 Å². The normalized spacial score (nSPS) is 52.6. The summed E-state index contributed by atoms with van der Waals surface area (Å²) in [4.78, 5) is 12.9. The van der Waals surface area contributed by atoms with Crippen molar-refractivity contribution in [2.24, 2.45) is 0 Å². The van der Waals surface area contributed by atoms with E-state index in [1.807, 2.05) is 0 Å². The standard InChI is InChI=1S/C38H65NO29/c1-8-16(45)20(49)23(52)35(58-8)66-30-15(39-10(3)44)34(63-14(7-43)28(30)64-37-25(54)22(51)18(47)11(4-40)61-37)67-31-19(48)12(5-41)62-38(27(31)56)65-29-13(6-42)60-33(57)26(55)32(29)68-36-24(53)21(50)17(46)9(2)59-36/h8-9,11-38,40-43,45-57H,4-7H2,1-3H3,(H,39,44)/t8-,9-,11+,12+,13+,14+,15+,16+,17+,18-,19-,20+,21+,22-,23-,24-,25+,26+,27+,28+,29+,30+,31-,32+,33+,34-,35-,36-,37-,38-/m0/s1. The Morgan fingerprint density at radius 1 is 0.382 bits per heavy atom. The van der Waals surface area contributed by atoms with E-state index in [1.54, 1.807) is 0 Å². The molecule has 0 spiro atoms. The Balaban J connectivity index is 1.33. The molecule has 0 aromatic rings. The molecule has 0 aromatic carbocycles. The Morgan fingerprint density at radius 2 is 0.750 bits per heavy atom. The second-order valence-corrected chi connectivity index (χ2v) is 17.5. The summed E-state index contributed by atoms with van der Waals surface area (Å²) in [6, 6.07) is -1.80. The molecule has 6 aliphatic rings. The van der Waals surface area contributed by atoms with Crippen LogP contribution in [0.15, 0.2) is 0 Å². The van der Waals surface area contributed by atoms with Gasteiger partial charge >= 0.3 is 0 Å². The molecule has 0 unspecified atom stereocenters. The summed E-state index contributed by atoms with van der Waals surface area (Å²) in [5, 5.41) is 184. The minimum atomic E-state index is -2.23. The lowest BCUT2D eigenvalue weighted by Crippen LogP contribution is -2.71. The quantitative estimate of drug-likeness (QED) is 0.0724. The van der Waals surface area contributed by atoms with Crippen LogP contribution in [0.3, 0.4) is 0 Å². The summed E-state index contributed by atoms with van der Waals surface area (Å²) in [5.74, 6) is -0.867. The van der Waals surface area contributed by atoms with E-state index >= 15 is 0 Å². The van der Waals surface area contributed by atoms with Crippen molar-refractivity contribution < 1.29 is 144 Å². The van der Waals surface area contributed by atoms with Gasteiger partial charge in [-0.1, -0.05) is 0 Å². The summed E-state index contributed by atoms with van der Waals surface area (Å²) in [7, 11) is 0. The number of hydrogen-bond acceptors (Lipinski definition) is 29. The van der Waals surface area contributed by atoms with E-state index in [0.717, 1.165) is 6.92 Å². The first kappa shape index (κ1) is 55.7. The minimum absolute atomic E-state index is 0.867. The third kappa shape index (κ3) is 11.4. The Hall–Kier alpha value is -1.65. The van der Waals surface area contributed by atoms with Crippen LogP contribution in [0, 0.1) is 0 Å². The molecule has 68 heavy (non-hydrogen) atoms. The van der Waals surface area contributed by atoms with Crippen LogP contribution in [0.2, 0.25) is 0 Å². The van der Waals surface area contributed by atoms with Crippen LogP contribution in [-0.4, -0.2) is 303 Å². The van der Waals surface area contributed by atoms with Crippen LogP contribution < -0.4 is 5.32 Å². The monoisotopic (exact) mass is 999 g/mol. The highest BCUT2D eigenvalue weighted by Crippen LogP contribution is 2.38. The van der Waals surface area contributed by atoms with E-state index in [1.165, 1.54) is 13.8 Å². The average molecular weight is 1000 g/mol. The predicted molar refractivity (Wildman–Crippen MR) is 208 cm³/mol. The molecule has 1 amide bonds. The minimum Gasteiger partial charge on any atom is -0.394 e. The molecule has 396 valence electrons. The van der Waals surface area contributed by atoms with E-state index in [-0.39, 0.29) is 0 Å². The summed E-state index contributed by atoms with van der Waals surface area (Å²) in [5.41, 5.74) is 0. The van der Waals surface area contributed by atoms with Crippen LogP contribution in [0.25, 0.3) is 0 Å². The van der Waals surface area contributed by atoms with Crippen molar-refractivity contribution in [3.05, 3.63) is 0 Å². The van der Waals surface area contributed by atoms with Gasteiger partial charge in [-0.25, -0.2) is 0 Å². The third-order valence-corrected chi connectivity index (χ3v) is 12.8. The average Bonchev–Trinajstić information content (AvgIpc) is 3.31.